The third-order valence-corrected chi connectivity index (χ3v) is 3.01. The molecule has 0 aromatic heterocycles. The molecule has 1 rings (SSSR count). The van der Waals surface area contributed by atoms with Gasteiger partial charge in [-0.2, -0.15) is 0 Å². The van der Waals surface area contributed by atoms with Gasteiger partial charge >= 0.3 is 0 Å². The van der Waals surface area contributed by atoms with E-state index in [9.17, 15) is 13.2 Å². The molecule has 1 amide bonds. The summed E-state index contributed by atoms with van der Waals surface area (Å²) < 4.78 is 22.2. The Kier molecular flexibility index (Phi) is 3.66. The molecule has 0 fully saturated rings. The van der Waals surface area contributed by atoms with Crippen molar-refractivity contribution in [2.45, 2.75) is 25.2 Å². The molecule has 0 saturated heterocycles. The summed E-state index contributed by atoms with van der Waals surface area (Å²) in [6, 6.07) is 4.39. The number of sulfonamides is 1. The van der Waals surface area contributed by atoms with Gasteiger partial charge in [0.1, 0.15) is 0 Å². The summed E-state index contributed by atoms with van der Waals surface area (Å²) in [6.45, 7) is 3.26. The van der Waals surface area contributed by atoms with Gasteiger partial charge < -0.3 is 5.32 Å². The summed E-state index contributed by atoms with van der Waals surface area (Å²) in [7, 11) is -3.69. The quantitative estimate of drug-likeness (QED) is 0.823. The van der Waals surface area contributed by atoms with E-state index in [1.54, 1.807) is 6.07 Å². The fraction of sp³-hybridized carbons (Fsp3) is 0.300. The number of hydrogen-bond donors (Lipinski definition) is 2. The highest BCUT2D eigenvalue weighted by atomic mass is 32.2. The van der Waals surface area contributed by atoms with Crippen molar-refractivity contribution >= 4 is 21.6 Å². The Balaban J connectivity index is 3.22. The van der Waals surface area contributed by atoms with Gasteiger partial charge in [0.15, 0.2) is 0 Å². The molecule has 1 aromatic rings. The average Bonchev–Trinajstić information content (AvgIpc) is 2.15. The molecule has 0 spiro atoms. The standard InChI is InChI=1S/C10H14N2O3S/c1-3-8-6-9(16(11,14)15)4-5-10(8)12-7(2)13/h4-6H,3H2,1-2H3,(H,12,13)(H2,11,14,15). The van der Waals surface area contributed by atoms with Gasteiger partial charge in [0.25, 0.3) is 0 Å². The molecule has 1 aromatic carbocycles. The van der Waals surface area contributed by atoms with Crippen LogP contribution in [0.2, 0.25) is 0 Å². The first-order valence-corrected chi connectivity index (χ1v) is 6.32. The van der Waals surface area contributed by atoms with Crippen LogP contribution >= 0.6 is 0 Å². The lowest BCUT2D eigenvalue weighted by Gasteiger charge is -2.09. The smallest absolute Gasteiger partial charge is 0.238 e. The van der Waals surface area contributed by atoms with Crippen LogP contribution in [0.3, 0.4) is 0 Å². The van der Waals surface area contributed by atoms with Crippen molar-refractivity contribution < 1.29 is 13.2 Å². The highest BCUT2D eigenvalue weighted by Gasteiger charge is 2.11. The average molecular weight is 242 g/mol. The predicted octanol–water partition coefficient (Wildman–Crippen LogP) is 0.855. The number of anilines is 1. The molecular weight excluding hydrogens is 228 g/mol. The fourth-order valence-electron chi connectivity index (χ4n) is 1.35. The molecule has 5 nitrogen and oxygen atoms in total. The van der Waals surface area contributed by atoms with Gasteiger partial charge in [-0.15, -0.1) is 0 Å². The summed E-state index contributed by atoms with van der Waals surface area (Å²) in [5.74, 6) is -0.196. The molecule has 0 radical (unpaired) electrons. The summed E-state index contributed by atoms with van der Waals surface area (Å²) in [6.07, 6.45) is 0.610. The second-order valence-corrected chi connectivity index (χ2v) is 4.96. The van der Waals surface area contributed by atoms with Gasteiger partial charge in [-0.1, -0.05) is 6.92 Å². The number of aryl methyl sites for hydroxylation is 1. The Hall–Kier alpha value is -1.40. The number of amides is 1. The minimum absolute atomic E-state index is 0.0541. The fourth-order valence-corrected chi connectivity index (χ4v) is 1.92. The van der Waals surface area contributed by atoms with E-state index in [1.165, 1.54) is 19.1 Å². The predicted molar refractivity (Wildman–Crippen MR) is 61.5 cm³/mol. The van der Waals surface area contributed by atoms with Gasteiger partial charge in [0.05, 0.1) is 4.90 Å². The molecule has 0 unspecified atom stereocenters. The minimum Gasteiger partial charge on any atom is -0.326 e. The zero-order chi connectivity index (χ0) is 12.3. The molecule has 0 heterocycles. The van der Waals surface area contributed by atoms with Gasteiger partial charge in [0.2, 0.25) is 15.9 Å². The molecule has 0 aliphatic heterocycles. The number of carbonyl (C=O) groups is 1. The number of hydrogen-bond acceptors (Lipinski definition) is 3. The van der Waals surface area contributed by atoms with Gasteiger partial charge in [-0.25, -0.2) is 13.6 Å². The topological polar surface area (TPSA) is 89.3 Å². The lowest BCUT2D eigenvalue weighted by Crippen LogP contribution is -2.14. The van der Waals surface area contributed by atoms with Crippen LogP contribution in [0.25, 0.3) is 0 Å². The van der Waals surface area contributed by atoms with Crippen LogP contribution in [-0.4, -0.2) is 14.3 Å². The number of nitrogens with one attached hydrogen (secondary N) is 1. The molecule has 6 heteroatoms. The molecule has 0 aliphatic rings. The molecule has 0 atom stereocenters. The van der Waals surface area contributed by atoms with Crippen molar-refractivity contribution in [3.8, 4) is 0 Å². The Morgan fingerprint density at radius 2 is 2.06 bits per heavy atom. The van der Waals surface area contributed by atoms with Crippen LogP contribution in [0.1, 0.15) is 19.4 Å². The molecule has 88 valence electrons. The Bertz CT molecular complexity index is 509. The van der Waals surface area contributed by atoms with Crippen LogP contribution < -0.4 is 10.5 Å². The first kappa shape index (κ1) is 12.7. The van der Waals surface area contributed by atoms with Crippen molar-refractivity contribution in [1.29, 1.82) is 0 Å². The molecule has 16 heavy (non-hydrogen) atoms. The zero-order valence-corrected chi connectivity index (χ0v) is 9.97. The van der Waals surface area contributed by atoms with Crippen LogP contribution in [0.5, 0.6) is 0 Å². The Labute approximate surface area is 94.7 Å². The Morgan fingerprint density at radius 3 is 2.50 bits per heavy atom. The van der Waals surface area contributed by atoms with E-state index >= 15 is 0 Å². The van der Waals surface area contributed by atoms with Gasteiger partial charge in [-0.3, -0.25) is 4.79 Å². The number of nitrogens with two attached hydrogens (primary N) is 1. The summed E-state index contributed by atoms with van der Waals surface area (Å²) in [5.41, 5.74) is 1.35. The van der Waals surface area contributed by atoms with Crippen LogP contribution in [0.15, 0.2) is 23.1 Å². The largest absolute Gasteiger partial charge is 0.326 e. The molecule has 0 aliphatic carbocycles. The molecule has 0 saturated carbocycles. The monoisotopic (exact) mass is 242 g/mol. The first-order chi connectivity index (χ1) is 7.34. The van der Waals surface area contributed by atoms with Gasteiger partial charge in [-0.05, 0) is 30.2 Å². The first-order valence-electron chi connectivity index (χ1n) is 4.78. The van der Waals surface area contributed by atoms with E-state index in [0.29, 0.717) is 12.1 Å². The van der Waals surface area contributed by atoms with Gasteiger partial charge in [0, 0.05) is 12.6 Å². The highest BCUT2D eigenvalue weighted by molar-refractivity contribution is 7.89. The van der Waals surface area contributed by atoms with Crippen LogP contribution in [0.4, 0.5) is 5.69 Å². The molecule has 3 N–H and O–H groups in total. The molecule has 0 bridgehead atoms. The lowest BCUT2D eigenvalue weighted by molar-refractivity contribution is -0.114. The summed E-state index contributed by atoms with van der Waals surface area (Å²) in [5, 5.41) is 7.64. The van der Waals surface area contributed by atoms with E-state index in [0.717, 1.165) is 5.56 Å². The summed E-state index contributed by atoms with van der Waals surface area (Å²) >= 11 is 0. The van der Waals surface area contributed by atoms with E-state index in [2.05, 4.69) is 5.32 Å². The van der Waals surface area contributed by atoms with E-state index in [-0.39, 0.29) is 10.8 Å². The van der Waals surface area contributed by atoms with Crippen LogP contribution in [-0.2, 0) is 21.2 Å². The minimum atomic E-state index is -3.69. The third kappa shape index (κ3) is 3.04. The van der Waals surface area contributed by atoms with Crippen molar-refractivity contribution in [3.05, 3.63) is 23.8 Å². The van der Waals surface area contributed by atoms with Crippen LogP contribution in [0, 0.1) is 0 Å². The van der Waals surface area contributed by atoms with Crippen molar-refractivity contribution in [1.82, 2.24) is 0 Å². The highest BCUT2D eigenvalue weighted by Crippen LogP contribution is 2.20. The molecular formula is C10H14N2O3S. The second-order valence-electron chi connectivity index (χ2n) is 3.40. The normalized spacial score (nSPS) is 11.2. The zero-order valence-electron chi connectivity index (χ0n) is 9.15. The second kappa shape index (κ2) is 4.63. The number of rotatable bonds is 3. The summed E-state index contributed by atoms with van der Waals surface area (Å²) in [4.78, 5) is 11.0. The Morgan fingerprint density at radius 1 is 1.44 bits per heavy atom. The van der Waals surface area contributed by atoms with Crippen molar-refractivity contribution in [2.24, 2.45) is 5.14 Å². The van der Waals surface area contributed by atoms with E-state index in [1.807, 2.05) is 6.92 Å². The third-order valence-electron chi connectivity index (χ3n) is 2.10. The van der Waals surface area contributed by atoms with Crippen molar-refractivity contribution in [3.63, 3.8) is 0 Å². The van der Waals surface area contributed by atoms with E-state index in [4.69, 9.17) is 5.14 Å². The van der Waals surface area contributed by atoms with Crippen molar-refractivity contribution in [2.75, 3.05) is 5.32 Å². The van der Waals surface area contributed by atoms with E-state index < -0.39 is 10.0 Å². The number of primary sulfonamides is 1. The number of benzene rings is 1. The maximum absolute atomic E-state index is 11.1. The maximum atomic E-state index is 11.1. The number of carbonyl (C=O) groups excluding carboxylic acids is 1. The SMILES string of the molecule is CCc1cc(S(N)(=O)=O)ccc1NC(C)=O. The lowest BCUT2D eigenvalue weighted by atomic mass is 10.1. The maximum Gasteiger partial charge on any atom is 0.238 e.